The summed E-state index contributed by atoms with van der Waals surface area (Å²) in [5.41, 5.74) is 1.47. The highest BCUT2D eigenvalue weighted by atomic mass is 16.5. The molecule has 0 unspecified atom stereocenters. The SMILES string of the molecule is CC(C)c1noc(-c2ccc(NC(=O)N[C@@H]3C=C[C@H](CO)C3)cc2)n1. The van der Waals surface area contributed by atoms with Crippen LogP contribution in [0.4, 0.5) is 10.5 Å². The molecule has 1 aromatic carbocycles. The monoisotopic (exact) mass is 342 g/mol. The molecule has 1 heterocycles. The van der Waals surface area contributed by atoms with E-state index in [1.165, 1.54) is 0 Å². The van der Waals surface area contributed by atoms with Crippen molar-refractivity contribution in [1.82, 2.24) is 15.5 Å². The second-order valence-corrected chi connectivity index (χ2v) is 6.46. The number of hydrogen-bond acceptors (Lipinski definition) is 5. The van der Waals surface area contributed by atoms with Gasteiger partial charge in [-0.15, -0.1) is 0 Å². The van der Waals surface area contributed by atoms with E-state index in [2.05, 4.69) is 20.8 Å². The molecule has 3 N–H and O–H groups in total. The number of aliphatic hydroxyl groups excluding tert-OH is 1. The zero-order valence-electron chi connectivity index (χ0n) is 14.3. The Morgan fingerprint density at radius 1 is 1.32 bits per heavy atom. The third kappa shape index (κ3) is 4.24. The van der Waals surface area contributed by atoms with Gasteiger partial charge in [0.1, 0.15) is 0 Å². The Morgan fingerprint density at radius 2 is 2.08 bits per heavy atom. The fourth-order valence-corrected chi connectivity index (χ4v) is 2.64. The summed E-state index contributed by atoms with van der Waals surface area (Å²) in [4.78, 5) is 16.4. The quantitative estimate of drug-likeness (QED) is 0.725. The summed E-state index contributed by atoms with van der Waals surface area (Å²) in [6, 6.07) is 6.89. The number of nitrogens with zero attached hydrogens (tertiary/aromatic N) is 2. The summed E-state index contributed by atoms with van der Waals surface area (Å²) in [5.74, 6) is 1.46. The molecule has 2 amide bonds. The van der Waals surface area contributed by atoms with Crippen LogP contribution in [0.15, 0.2) is 40.9 Å². The number of aromatic nitrogens is 2. The Morgan fingerprint density at radius 3 is 2.68 bits per heavy atom. The van der Waals surface area contributed by atoms with E-state index in [9.17, 15) is 4.79 Å². The van der Waals surface area contributed by atoms with Gasteiger partial charge < -0.3 is 20.3 Å². The molecule has 0 saturated carbocycles. The van der Waals surface area contributed by atoms with Crippen molar-refractivity contribution in [2.24, 2.45) is 5.92 Å². The molecule has 7 heteroatoms. The first-order chi connectivity index (χ1) is 12.0. The summed E-state index contributed by atoms with van der Waals surface area (Å²) < 4.78 is 5.25. The van der Waals surface area contributed by atoms with Crippen LogP contribution in [0.1, 0.15) is 32.0 Å². The van der Waals surface area contributed by atoms with Gasteiger partial charge in [0.2, 0.25) is 0 Å². The average Bonchev–Trinajstić information content (AvgIpc) is 3.24. The standard InChI is InChI=1S/C18H22N4O3/c1-11(2)16-21-17(25-22-16)13-4-7-14(8-5-13)19-18(24)20-15-6-3-12(9-15)10-23/h3-8,11-12,15,23H,9-10H2,1-2H3,(H2,19,20,24)/t12-,15+/m0/s1. The first-order valence-electron chi connectivity index (χ1n) is 8.36. The van der Waals surface area contributed by atoms with Crippen LogP contribution in [0.3, 0.4) is 0 Å². The number of benzene rings is 1. The van der Waals surface area contributed by atoms with Crippen LogP contribution in [0.5, 0.6) is 0 Å². The Balaban J connectivity index is 1.57. The molecule has 7 nitrogen and oxygen atoms in total. The average molecular weight is 342 g/mol. The summed E-state index contributed by atoms with van der Waals surface area (Å²) in [6.07, 6.45) is 4.55. The minimum Gasteiger partial charge on any atom is -0.396 e. The van der Waals surface area contributed by atoms with E-state index in [-0.39, 0.29) is 30.5 Å². The third-order valence-electron chi connectivity index (χ3n) is 4.07. The van der Waals surface area contributed by atoms with Crippen LogP contribution >= 0.6 is 0 Å². The van der Waals surface area contributed by atoms with Crippen LogP contribution in [0.2, 0.25) is 0 Å². The lowest BCUT2D eigenvalue weighted by Crippen LogP contribution is -2.36. The molecule has 1 aliphatic rings. The van der Waals surface area contributed by atoms with E-state index in [0.717, 1.165) is 12.0 Å². The Bertz CT molecular complexity index is 752. The van der Waals surface area contributed by atoms with Gasteiger partial charge in [-0.2, -0.15) is 4.98 Å². The maximum absolute atomic E-state index is 12.0. The number of rotatable bonds is 5. The molecule has 1 aromatic heterocycles. The molecular formula is C18H22N4O3. The molecule has 0 bridgehead atoms. The number of urea groups is 1. The van der Waals surface area contributed by atoms with Crippen molar-refractivity contribution in [3.63, 3.8) is 0 Å². The second kappa shape index (κ2) is 7.48. The van der Waals surface area contributed by atoms with Gasteiger partial charge in [-0.25, -0.2) is 4.79 Å². The van der Waals surface area contributed by atoms with Crippen LogP contribution in [0.25, 0.3) is 11.5 Å². The fourth-order valence-electron chi connectivity index (χ4n) is 2.64. The van der Waals surface area contributed by atoms with Gasteiger partial charge in [0, 0.05) is 35.7 Å². The molecule has 2 atom stereocenters. The summed E-state index contributed by atoms with van der Waals surface area (Å²) >= 11 is 0. The first kappa shape index (κ1) is 17.2. The van der Waals surface area contributed by atoms with Crippen molar-refractivity contribution in [2.75, 3.05) is 11.9 Å². The topological polar surface area (TPSA) is 100 Å². The molecular weight excluding hydrogens is 320 g/mol. The molecule has 0 fully saturated rings. The second-order valence-electron chi connectivity index (χ2n) is 6.46. The van der Waals surface area contributed by atoms with E-state index in [0.29, 0.717) is 17.4 Å². The van der Waals surface area contributed by atoms with Crippen LogP contribution < -0.4 is 10.6 Å². The lowest BCUT2D eigenvalue weighted by molar-refractivity contribution is 0.238. The lowest BCUT2D eigenvalue weighted by atomic mass is 10.1. The Kier molecular flexibility index (Phi) is 5.14. The molecule has 0 spiro atoms. The smallest absolute Gasteiger partial charge is 0.319 e. The molecule has 1 aliphatic carbocycles. The molecule has 25 heavy (non-hydrogen) atoms. The minimum atomic E-state index is -0.277. The number of carbonyl (C=O) groups excluding carboxylic acids is 1. The van der Waals surface area contributed by atoms with Crippen molar-refractivity contribution >= 4 is 11.7 Å². The fraction of sp³-hybridized carbons (Fsp3) is 0.389. The lowest BCUT2D eigenvalue weighted by Gasteiger charge is -2.13. The van der Waals surface area contributed by atoms with Crippen molar-refractivity contribution < 1.29 is 14.4 Å². The van der Waals surface area contributed by atoms with E-state index in [1.807, 2.05) is 38.1 Å². The Labute approximate surface area is 146 Å². The van der Waals surface area contributed by atoms with Crippen LogP contribution in [0, 0.1) is 5.92 Å². The van der Waals surface area contributed by atoms with E-state index in [1.54, 1.807) is 12.1 Å². The van der Waals surface area contributed by atoms with Crippen molar-refractivity contribution in [3.8, 4) is 11.5 Å². The van der Waals surface area contributed by atoms with Crippen LogP contribution in [-0.4, -0.2) is 33.9 Å². The molecule has 3 rings (SSSR count). The van der Waals surface area contributed by atoms with Gasteiger partial charge in [0.15, 0.2) is 5.82 Å². The van der Waals surface area contributed by atoms with E-state index >= 15 is 0 Å². The van der Waals surface area contributed by atoms with Crippen LogP contribution in [-0.2, 0) is 0 Å². The summed E-state index contributed by atoms with van der Waals surface area (Å²) in [5, 5.41) is 18.7. The first-order valence-corrected chi connectivity index (χ1v) is 8.36. The number of anilines is 1. The number of carbonyl (C=O) groups is 1. The maximum atomic E-state index is 12.0. The zero-order valence-corrected chi connectivity index (χ0v) is 14.3. The molecule has 0 radical (unpaired) electrons. The molecule has 0 aliphatic heterocycles. The van der Waals surface area contributed by atoms with Gasteiger partial charge in [0.05, 0.1) is 0 Å². The van der Waals surface area contributed by atoms with Gasteiger partial charge >= 0.3 is 6.03 Å². The van der Waals surface area contributed by atoms with Crippen molar-refractivity contribution in [1.29, 1.82) is 0 Å². The third-order valence-corrected chi connectivity index (χ3v) is 4.07. The summed E-state index contributed by atoms with van der Waals surface area (Å²) in [7, 11) is 0. The highest BCUT2D eigenvalue weighted by molar-refractivity contribution is 5.89. The molecule has 132 valence electrons. The summed E-state index contributed by atoms with van der Waals surface area (Å²) in [6.45, 7) is 4.11. The van der Waals surface area contributed by atoms with E-state index < -0.39 is 0 Å². The van der Waals surface area contributed by atoms with E-state index in [4.69, 9.17) is 9.63 Å². The number of hydrogen-bond donors (Lipinski definition) is 3. The van der Waals surface area contributed by atoms with Crippen molar-refractivity contribution in [2.45, 2.75) is 32.2 Å². The minimum absolute atomic E-state index is 0.0516. The largest absolute Gasteiger partial charge is 0.396 e. The van der Waals surface area contributed by atoms with Crippen molar-refractivity contribution in [3.05, 3.63) is 42.2 Å². The van der Waals surface area contributed by atoms with Gasteiger partial charge in [-0.05, 0) is 30.7 Å². The molecule has 2 aromatic rings. The predicted molar refractivity (Wildman–Crippen MR) is 94.1 cm³/mol. The predicted octanol–water partition coefficient (Wildman–Crippen LogP) is 2.92. The maximum Gasteiger partial charge on any atom is 0.319 e. The van der Waals surface area contributed by atoms with Gasteiger partial charge in [-0.1, -0.05) is 31.2 Å². The normalized spacial score (nSPS) is 19.4. The zero-order chi connectivity index (χ0) is 17.8. The highest BCUT2D eigenvalue weighted by Crippen LogP contribution is 2.22. The number of aliphatic hydroxyl groups is 1. The number of amides is 2. The van der Waals surface area contributed by atoms with Gasteiger partial charge in [-0.3, -0.25) is 0 Å². The number of nitrogens with one attached hydrogen (secondary N) is 2. The highest BCUT2D eigenvalue weighted by Gasteiger charge is 2.19. The van der Waals surface area contributed by atoms with Gasteiger partial charge in [0.25, 0.3) is 5.89 Å². The Hall–Kier alpha value is -2.67. The molecule has 0 saturated heterocycles.